The van der Waals surface area contributed by atoms with E-state index in [1.807, 2.05) is 48.7 Å². The van der Waals surface area contributed by atoms with Gasteiger partial charge in [-0.05, 0) is 17.7 Å². The first-order chi connectivity index (χ1) is 9.93. The van der Waals surface area contributed by atoms with Gasteiger partial charge in [0.05, 0.1) is 12.2 Å². The molecule has 0 radical (unpaired) electrons. The highest BCUT2D eigenvalue weighted by molar-refractivity contribution is 5.63. The summed E-state index contributed by atoms with van der Waals surface area (Å²) in [5.41, 5.74) is 2.27. The fraction of sp³-hybridized carbons (Fsp3) is 0.118. The van der Waals surface area contributed by atoms with Crippen molar-refractivity contribution in [2.45, 2.75) is 6.42 Å². The van der Waals surface area contributed by atoms with Gasteiger partial charge in [0.2, 0.25) is 0 Å². The molecule has 0 fully saturated rings. The number of benzene rings is 2. The number of para-hydroxylation sites is 1. The van der Waals surface area contributed by atoms with Crippen LogP contribution < -0.4 is 4.74 Å². The van der Waals surface area contributed by atoms with E-state index in [2.05, 4.69) is 22.1 Å². The number of ether oxygens (including phenoxy) is 1. The van der Waals surface area contributed by atoms with Crippen LogP contribution in [-0.4, -0.2) is 16.6 Å². The Labute approximate surface area is 118 Å². The zero-order valence-electron chi connectivity index (χ0n) is 11.1. The Balaban J connectivity index is 1.69. The summed E-state index contributed by atoms with van der Waals surface area (Å²) in [5, 5.41) is 0. The molecule has 3 heteroatoms. The zero-order chi connectivity index (χ0) is 13.6. The second-order valence-electron chi connectivity index (χ2n) is 4.52. The van der Waals surface area contributed by atoms with Crippen LogP contribution in [0.3, 0.4) is 0 Å². The number of H-pyrrole nitrogens is 1. The van der Waals surface area contributed by atoms with Crippen LogP contribution in [0.25, 0.3) is 11.4 Å². The highest BCUT2D eigenvalue weighted by atomic mass is 16.5. The second kappa shape index (κ2) is 6.06. The summed E-state index contributed by atoms with van der Waals surface area (Å²) < 4.78 is 5.90. The smallest absolute Gasteiger partial charge is 0.141 e. The number of rotatable bonds is 5. The van der Waals surface area contributed by atoms with E-state index in [1.165, 1.54) is 5.56 Å². The third-order valence-electron chi connectivity index (χ3n) is 3.13. The van der Waals surface area contributed by atoms with Gasteiger partial charge in [-0.1, -0.05) is 42.5 Å². The lowest BCUT2D eigenvalue weighted by molar-refractivity contribution is 0.323. The van der Waals surface area contributed by atoms with Gasteiger partial charge in [-0.3, -0.25) is 0 Å². The third kappa shape index (κ3) is 2.88. The molecular weight excluding hydrogens is 248 g/mol. The monoisotopic (exact) mass is 264 g/mol. The fourth-order valence-electron chi connectivity index (χ4n) is 2.12. The molecule has 0 amide bonds. The maximum atomic E-state index is 5.90. The molecule has 100 valence electrons. The Morgan fingerprint density at radius 3 is 2.55 bits per heavy atom. The first kappa shape index (κ1) is 12.5. The van der Waals surface area contributed by atoms with Crippen molar-refractivity contribution in [2.75, 3.05) is 6.61 Å². The van der Waals surface area contributed by atoms with E-state index in [0.29, 0.717) is 6.61 Å². The SMILES string of the molecule is c1ccc(CCOc2ccccc2-c2ncc[nH]2)cc1. The molecule has 3 aromatic rings. The summed E-state index contributed by atoms with van der Waals surface area (Å²) in [6.07, 6.45) is 4.46. The molecular formula is C17H16N2O. The topological polar surface area (TPSA) is 37.9 Å². The van der Waals surface area contributed by atoms with Gasteiger partial charge in [-0.25, -0.2) is 4.98 Å². The van der Waals surface area contributed by atoms with E-state index in [1.54, 1.807) is 6.20 Å². The Kier molecular flexibility index (Phi) is 3.78. The van der Waals surface area contributed by atoms with Gasteiger partial charge in [0.1, 0.15) is 11.6 Å². The van der Waals surface area contributed by atoms with Gasteiger partial charge in [0, 0.05) is 18.8 Å². The van der Waals surface area contributed by atoms with E-state index in [0.717, 1.165) is 23.6 Å². The van der Waals surface area contributed by atoms with Crippen LogP contribution >= 0.6 is 0 Å². The van der Waals surface area contributed by atoms with Crippen LogP contribution in [0, 0.1) is 0 Å². The molecule has 1 N–H and O–H groups in total. The molecule has 2 aromatic carbocycles. The number of aromatic amines is 1. The molecule has 1 aromatic heterocycles. The summed E-state index contributed by atoms with van der Waals surface area (Å²) in [6.45, 7) is 0.654. The predicted molar refractivity (Wildman–Crippen MR) is 79.7 cm³/mol. The van der Waals surface area contributed by atoms with Crippen molar-refractivity contribution in [1.82, 2.24) is 9.97 Å². The van der Waals surface area contributed by atoms with Gasteiger partial charge in [0.15, 0.2) is 0 Å². The highest BCUT2D eigenvalue weighted by Gasteiger charge is 2.07. The molecule has 20 heavy (non-hydrogen) atoms. The molecule has 0 aliphatic heterocycles. The number of nitrogens with zero attached hydrogens (tertiary/aromatic N) is 1. The Hall–Kier alpha value is -2.55. The lowest BCUT2D eigenvalue weighted by Crippen LogP contribution is -2.02. The van der Waals surface area contributed by atoms with E-state index >= 15 is 0 Å². The standard InChI is InChI=1S/C17H16N2O/c1-2-6-14(7-3-1)10-13-20-16-9-5-4-8-15(16)17-18-11-12-19-17/h1-9,11-12H,10,13H2,(H,18,19). The van der Waals surface area contributed by atoms with Gasteiger partial charge < -0.3 is 9.72 Å². The van der Waals surface area contributed by atoms with Gasteiger partial charge in [-0.15, -0.1) is 0 Å². The van der Waals surface area contributed by atoms with Crippen molar-refractivity contribution in [3.8, 4) is 17.1 Å². The van der Waals surface area contributed by atoms with Crippen LogP contribution in [-0.2, 0) is 6.42 Å². The fourth-order valence-corrected chi connectivity index (χ4v) is 2.12. The minimum Gasteiger partial charge on any atom is -0.492 e. The van der Waals surface area contributed by atoms with Crippen molar-refractivity contribution >= 4 is 0 Å². The maximum Gasteiger partial charge on any atom is 0.141 e. The predicted octanol–water partition coefficient (Wildman–Crippen LogP) is 3.70. The lowest BCUT2D eigenvalue weighted by atomic mass is 10.1. The average Bonchev–Trinajstić information content (AvgIpc) is 3.03. The molecule has 0 aliphatic rings. The minimum atomic E-state index is 0.654. The summed E-state index contributed by atoms with van der Waals surface area (Å²) in [7, 11) is 0. The van der Waals surface area contributed by atoms with Gasteiger partial charge >= 0.3 is 0 Å². The van der Waals surface area contributed by atoms with Crippen molar-refractivity contribution in [2.24, 2.45) is 0 Å². The number of hydrogen-bond acceptors (Lipinski definition) is 2. The van der Waals surface area contributed by atoms with Crippen molar-refractivity contribution < 1.29 is 4.74 Å². The second-order valence-corrected chi connectivity index (χ2v) is 4.52. The van der Waals surface area contributed by atoms with Crippen molar-refractivity contribution in [1.29, 1.82) is 0 Å². The number of aromatic nitrogens is 2. The highest BCUT2D eigenvalue weighted by Crippen LogP contribution is 2.26. The molecule has 1 heterocycles. The largest absolute Gasteiger partial charge is 0.492 e. The first-order valence-corrected chi connectivity index (χ1v) is 6.69. The van der Waals surface area contributed by atoms with Crippen LogP contribution in [0.5, 0.6) is 5.75 Å². The molecule has 0 atom stereocenters. The number of nitrogens with one attached hydrogen (secondary N) is 1. The Bertz CT molecular complexity index is 648. The van der Waals surface area contributed by atoms with Crippen molar-refractivity contribution in [3.63, 3.8) is 0 Å². The van der Waals surface area contributed by atoms with E-state index < -0.39 is 0 Å². The molecule has 0 saturated carbocycles. The summed E-state index contributed by atoms with van der Waals surface area (Å²) in [6, 6.07) is 18.3. The molecule has 0 aliphatic carbocycles. The number of imidazole rings is 1. The molecule has 3 nitrogen and oxygen atoms in total. The van der Waals surface area contributed by atoms with E-state index in [4.69, 9.17) is 4.74 Å². The Morgan fingerprint density at radius 2 is 1.75 bits per heavy atom. The quantitative estimate of drug-likeness (QED) is 0.763. The normalized spacial score (nSPS) is 10.4. The molecule has 0 saturated heterocycles. The maximum absolute atomic E-state index is 5.90. The van der Waals surface area contributed by atoms with E-state index in [9.17, 15) is 0 Å². The van der Waals surface area contributed by atoms with Crippen molar-refractivity contribution in [3.05, 3.63) is 72.6 Å². The average molecular weight is 264 g/mol. The number of hydrogen-bond donors (Lipinski definition) is 1. The zero-order valence-corrected chi connectivity index (χ0v) is 11.1. The van der Waals surface area contributed by atoms with Crippen LogP contribution in [0.1, 0.15) is 5.56 Å². The van der Waals surface area contributed by atoms with Gasteiger partial charge in [0.25, 0.3) is 0 Å². The molecule has 0 unspecified atom stereocenters. The van der Waals surface area contributed by atoms with Gasteiger partial charge in [-0.2, -0.15) is 0 Å². The summed E-state index contributed by atoms with van der Waals surface area (Å²) in [4.78, 5) is 7.39. The summed E-state index contributed by atoms with van der Waals surface area (Å²) in [5.74, 6) is 1.69. The molecule has 3 rings (SSSR count). The van der Waals surface area contributed by atoms with Crippen LogP contribution in [0.4, 0.5) is 0 Å². The van der Waals surface area contributed by atoms with E-state index in [-0.39, 0.29) is 0 Å². The summed E-state index contributed by atoms with van der Waals surface area (Å²) >= 11 is 0. The third-order valence-corrected chi connectivity index (χ3v) is 3.13. The molecule has 0 spiro atoms. The molecule has 0 bridgehead atoms. The first-order valence-electron chi connectivity index (χ1n) is 6.69. The minimum absolute atomic E-state index is 0.654. The van der Waals surface area contributed by atoms with Crippen LogP contribution in [0.2, 0.25) is 0 Å². The Morgan fingerprint density at radius 1 is 0.950 bits per heavy atom. The van der Waals surface area contributed by atoms with Crippen LogP contribution in [0.15, 0.2) is 67.0 Å². The lowest BCUT2D eigenvalue weighted by Gasteiger charge is -2.10.